The molecule has 0 radical (unpaired) electrons. The van der Waals surface area contributed by atoms with Crippen molar-refractivity contribution in [2.45, 2.75) is 6.18 Å². The minimum Gasteiger partial charge on any atom is -0.346 e. The number of rotatable bonds is 6. The van der Waals surface area contributed by atoms with Crippen molar-refractivity contribution >= 4 is 11.8 Å². The number of alkyl halides is 3. The van der Waals surface area contributed by atoms with Gasteiger partial charge in [-0.1, -0.05) is 6.08 Å². The van der Waals surface area contributed by atoms with Crippen LogP contribution in [0, 0.1) is 0 Å². The lowest BCUT2D eigenvalue weighted by atomic mass is 10.4. The number of carbonyl (C=O) groups excluding carboxylic acids is 2. The predicted octanol–water partition coefficient (Wildman–Crippen LogP) is -0.362. The molecule has 0 aromatic rings. The van der Waals surface area contributed by atoms with Crippen molar-refractivity contribution in [1.82, 2.24) is 10.2 Å². The molecule has 0 unspecified atom stereocenters. The highest BCUT2D eigenvalue weighted by molar-refractivity contribution is 5.85. The SMILES string of the molecule is C=CCN(CC(F)(F)F)C(=O)CNC(=O)CN. The van der Waals surface area contributed by atoms with Crippen LogP contribution >= 0.6 is 0 Å². The standard InChI is InChI=1S/C9H14F3N3O2/c1-2-3-15(6-9(10,11)12)8(17)5-14-7(16)4-13/h2H,1,3-6,13H2,(H,14,16). The summed E-state index contributed by atoms with van der Waals surface area (Å²) in [7, 11) is 0. The van der Waals surface area contributed by atoms with Crippen LogP contribution in [-0.4, -0.2) is 49.1 Å². The Morgan fingerprint density at radius 1 is 1.41 bits per heavy atom. The number of amides is 2. The van der Waals surface area contributed by atoms with Crippen LogP contribution in [0.15, 0.2) is 12.7 Å². The minimum absolute atomic E-state index is 0.239. The average molecular weight is 253 g/mol. The maximum absolute atomic E-state index is 12.1. The third-order valence-corrected chi connectivity index (χ3v) is 1.69. The molecule has 3 N–H and O–H groups in total. The average Bonchev–Trinajstić information content (AvgIpc) is 2.23. The van der Waals surface area contributed by atoms with E-state index >= 15 is 0 Å². The fraction of sp³-hybridized carbons (Fsp3) is 0.556. The molecule has 0 aromatic carbocycles. The monoisotopic (exact) mass is 253 g/mol. The molecule has 0 rings (SSSR count). The number of nitrogens with two attached hydrogens (primary N) is 1. The molecule has 17 heavy (non-hydrogen) atoms. The van der Waals surface area contributed by atoms with Gasteiger partial charge in [0.1, 0.15) is 6.54 Å². The van der Waals surface area contributed by atoms with E-state index in [9.17, 15) is 22.8 Å². The molecule has 0 spiro atoms. The van der Waals surface area contributed by atoms with Gasteiger partial charge in [-0.25, -0.2) is 0 Å². The Hall–Kier alpha value is -1.57. The summed E-state index contributed by atoms with van der Waals surface area (Å²) in [6.45, 7) is 0.799. The molecule has 0 saturated carbocycles. The molecule has 0 heterocycles. The molecule has 0 aliphatic carbocycles. The molecule has 0 fully saturated rings. The van der Waals surface area contributed by atoms with E-state index in [-0.39, 0.29) is 13.1 Å². The zero-order valence-corrected chi connectivity index (χ0v) is 9.09. The van der Waals surface area contributed by atoms with E-state index < -0.39 is 31.1 Å². The van der Waals surface area contributed by atoms with Crippen LogP contribution in [0.3, 0.4) is 0 Å². The first-order valence-corrected chi connectivity index (χ1v) is 4.72. The fourth-order valence-corrected chi connectivity index (χ4v) is 0.985. The molecule has 98 valence electrons. The lowest BCUT2D eigenvalue weighted by molar-refractivity contribution is -0.159. The second-order valence-corrected chi connectivity index (χ2v) is 3.16. The van der Waals surface area contributed by atoms with Gasteiger partial charge in [0.05, 0.1) is 13.1 Å². The van der Waals surface area contributed by atoms with Crippen LogP contribution < -0.4 is 11.1 Å². The predicted molar refractivity (Wildman–Crippen MR) is 54.9 cm³/mol. The van der Waals surface area contributed by atoms with Gasteiger partial charge < -0.3 is 16.0 Å². The van der Waals surface area contributed by atoms with Gasteiger partial charge in [-0.2, -0.15) is 13.2 Å². The Balaban J connectivity index is 4.34. The van der Waals surface area contributed by atoms with Crippen LogP contribution in [0.2, 0.25) is 0 Å². The summed E-state index contributed by atoms with van der Waals surface area (Å²) in [5.41, 5.74) is 4.96. The lowest BCUT2D eigenvalue weighted by Crippen LogP contribution is -2.45. The van der Waals surface area contributed by atoms with Gasteiger partial charge in [0.15, 0.2) is 0 Å². The number of halogens is 3. The molecule has 0 saturated heterocycles. The highest BCUT2D eigenvalue weighted by Gasteiger charge is 2.32. The van der Waals surface area contributed by atoms with E-state index in [1.807, 2.05) is 0 Å². The van der Waals surface area contributed by atoms with Crippen molar-refractivity contribution in [2.75, 3.05) is 26.2 Å². The van der Waals surface area contributed by atoms with Gasteiger partial charge in [-0.3, -0.25) is 9.59 Å². The first-order valence-electron chi connectivity index (χ1n) is 4.72. The zero-order valence-electron chi connectivity index (χ0n) is 9.09. The summed E-state index contributed by atoms with van der Waals surface area (Å²) in [5.74, 6) is -1.45. The first kappa shape index (κ1) is 15.4. The van der Waals surface area contributed by atoms with Crippen molar-refractivity contribution < 1.29 is 22.8 Å². The maximum Gasteiger partial charge on any atom is 0.406 e. The molecule has 8 heteroatoms. The van der Waals surface area contributed by atoms with E-state index in [0.717, 1.165) is 0 Å². The normalized spacial score (nSPS) is 10.8. The van der Waals surface area contributed by atoms with Crippen molar-refractivity contribution in [3.05, 3.63) is 12.7 Å². The summed E-state index contributed by atoms with van der Waals surface area (Å²) in [5, 5.41) is 2.10. The third-order valence-electron chi connectivity index (χ3n) is 1.69. The van der Waals surface area contributed by atoms with Gasteiger partial charge in [0.25, 0.3) is 0 Å². The Bertz CT molecular complexity index is 292. The second kappa shape index (κ2) is 6.89. The van der Waals surface area contributed by atoms with Gasteiger partial charge in [0.2, 0.25) is 11.8 Å². The quantitative estimate of drug-likeness (QED) is 0.635. The topological polar surface area (TPSA) is 75.4 Å². The maximum atomic E-state index is 12.1. The number of nitrogens with one attached hydrogen (secondary N) is 1. The molecule has 2 amide bonds. The second-order valence-electron chi connectivity index (χ2n) is 3.16. The fourth-order valence-electron chi connectivity index (χ4n) is 0.985. The molecule has 0 aliphatic rings. The highest BCUT2D eigenvalue weighted by atomic mass is 19.4. The summed E-state index contributed by atoms with van der Waals surface area (Å²) < 4.78 is 36.4. The largest absolute Gasteiger partial charge is 0.406 e. The Morgan fingerprint density at radius 2 is 2.00 bits per heavy atom. The van der Waals surface area contributed by atoms with Crippen molar-refractivity contribution in [3.63, 3.8) is 0 Å². The van der Waals surface area contributed by atoms with Gasteiger partial charge in [-0.05, 0) is 0 Å². The Kier molecular flexibility index (Phi) is 6.26. The van der Waals surface area contributed by atoms with Crippen LogP contribution in [0.1, 0.15) is 0 Å². The number of carbonyl (C=O) groups is 2. The van der Waals surface area contributed by atoms with Crippen LogP contribution in [0.4, 0.5) is 13.2 Å². The summed E-state index contributed by atoms with van der Waals surface area (Å²) in [6, 6.07) is 0. The summed E-state index contributed by atoms with van der Waals surface area (Å²) in [4.78, 5) is 22.6. The first-order chi connectivity index (χ1) is 7.80. The van der Waals surface area contributed by atoms with Gasteiger partial charge in [0, 0.05) is 6.54 Å². The number of hydrogen-bond acceptors (Lipinski definition) is 3. The Morgan fingerprint density at radius 3 is 2.41 bits per heavy atom. The zero-order chi connectivity index (χ0) is 13.5. The highest BCUT2D eigenvalue weighted by Crippen LogP contribution is 2.16. The molecule has 0 aliphatic heterocycles. The van der Waals surface area contributed by atoms with Crippen molar-refractivity contribution in [3.8, 4) is 0 Å². The smallest absolute Gasteiger partial charge is 0.346 e. The van der Waals surface area contributed by atoms with E-state index in [0.29, 0.717) is 4.90 Å². The molecular weight excluding hydrogens is 239 g/mol. The van der Waals surface area contributed by atoms with Gasteiger partial charge in [-0.15, -0.1) is 6.58 Å². The molecule has 0 atom stereocenters. The molecule has 0 bridgehead atoms. The Labute approximate surface area is 96.4 Å². The van der Waals surface area contributed by atoms with Crippen LogP contribution in [-0.2, 0) is 9.59 Å². The molecule has 0 aromatic heterocycles. The van der Waals surface area contributed by atoms with E-state index in [1.54, 1.807) is 0 Å². The lowest BCUT2D eigenvalue weighted by Gasteiger charge is -2.22. The van der Waals surface area contributed by atoms with E-state index in [1.165, 1.54) is 6.08 Å². The van der Waals surface area contributed by atoms with Crippen LogP contribution in [0.5, 0.6) is 0 Å². The minimum atomic E-state index is -4.49. The third kappa shape index (κ3) is 7.34. The van der Waals surface area contributed by atoms with Crippen LogP contribution in [0.25, 0.3) is 0 Å². The molecule has 5 nitrogen and oxygen atoms in total. The number of nitrogens with zero attached hydrogens (tertiary/aromatic N) is 1. The number of hydrogen-bond donors (Lipinski definition) is 2. The van der Waals surface area contributed by atoms with Crippen molar-refractivity contribution in [1.29, 1.82) is 0 Å². The van der Waals surface area contributed by atoms with Crippen molar-refractivity contribution in [2.24, 2.45) is 5.73 Å². The van der Waals surface area contributed by atoms with E-state index in [2.05, 4.69) is 11.9 Å². The van der Waals surface area contributed by atoms with E-state index in [4.69, 9.17) is 5.73 Å². The summed E-state index contributed by atoms with van der Waals surface area (Å²) >= 11 is 0. The summed E-state index contributed by atoms with van der Waals surface area (Å²) in [6.07, 6.45) is -3.31. The molecular formula is C9H14F3N3O2. The van der Waals surface area contributed by atoms with Gasteiger partial charge >= 0.3 is 6.18 Å².